The molecule has 20 heavy (non-hydrogen) atoms. The number of hydrogen-bond donors (Lipinski definition) is 0. The zero-order valence-corrected chi connectivity index (χ0v) is 12.5. The number of ketones is 1. The van der Waals surface area contributed by atoms with Crippen molar-refractivity contribution in [2.45, 2.75) is 26.2 Å². The Morgan fingerprint density at radius 1 is 1.00 bits per heavy atom. The van der Waals surface area contributed by atoms with Gasteiger partial charge in [-0.2, -0.15) is 0 Å². The molecule has 0 fully saturated rings. The zero-order valence-electron chi connectivity index (χ0n) is 11.6. The SMILES string of the molecule is CCC(C)c1cccc2c1C(=S)c1ccccc1C2=O. The summed E-state index contributed by atoms with van der Waals surface area (Å²) in [5, 5.41) is 0. The molecule has 0 bridgehead atoms. The minimum atomic E-state index is 0.0920. The maximum absolute atomic E-state index is 12.7. The second kappa shape index (κ2) is 4.95. The molecule has 0 aromatic heterocycles. The second-order valence-electron chi connectivity index (χ2n) is 5.28. The molecule has 3 rings (SSSR count). The first-order valence-corrected chi connectivity index (χ1v) is 7.37. The Labute approximate surface area is 124 Å². The quantitative estimate of drug-likeness (QED) is 0.642. The Balaban J connectivity index is 2.28. The van der Waals surface area contributed by atoms with Crippen molar-refractivity contribution in [3.05, 3.63) is 70.3 Å². The third-order valence-corrected chi connectivity index (χ3v) is 4.55. The molecule has 1 atom stereocenters. The summed E-state index contributed by atoms with van der Waals surface area (Å²) < 4.78 is 0. The van der Waals surface area contributed by atoms with Crippen molar-refractivity contribution in [1.82, 2.24) is 0 Å². The fourth-order valence-electron chi connectivity index (χ4n) is 2.80. The van der Waals surface area contributed by atoms with Crippen LogP contribution in [0.4, 0.5) is 0 Å². The Bertz CT molecular complexity index is 715. The van der Waals surface area contributed by atoms with Crippen LogP contribution in [0.2, 0.25) is 0 Å². The van der Waals surface area contributed by atoms with Crippen LogP contribution in [-0.2, 0) is 0 Å². The van der Waals surface area contributed by atoms with E-state index in [2.05, 4.69) is 19.9 Å². The smallest absolute Gasteiger partial charge is 0.194 e. The highest BCUT2D eigenvalue weighted by molar-refractivity contribution is 7.81. The first kappa shape index (κ1) is 13.2. The molecule has 0 aliphatic heterocycles. The van der Waals surface area contributed by atoms with Gasteiger partial charge in [-0.15, -0.1) is 0 Å². The summed E-state index contributed by atoms with van der Waals surface area (Å²) in [6, 6.07) is 13.6. The first-order chi connectivity index (χ1) is 9.65. The fourth-order valence-corrected chi connectivity index (χ4v) is 3.21. The lowest BCUT2D eigenvalue weighted by Gasteiger charge is -2.24. The lowest BCUT2D eigenvalue weighted by molar-refractivity contribution is 0.103. The highest BCUT2D eigenvalue weighted by Gasteiger charge is 2.29. The lowest BCUT2D eigenvalue weighted by Crippen LogP contribution is -2.22. The van der Waals surface area contributed by atoms with Crippen LogP contribution in [0.25, 0.3) is 0 Å². The average Bonchev–Trinajstić information content (AvgIpc) is 2.51. The molecule has 1 unspecified atom stereocenters. The van der Waals surface area contributed by atoms with Gasteiger partial charge in [-0.05, 0) is 17.9 Å². The van der Waals surface area contributed by atoms with Crippen LogP contribution in [0.15, 0.2) is 42.5 Å². The predicted molar refractivity (Wildman–Crippen MR) is 85.8 cm³/mol. The molecule has 0 spiro atoms. The number of carbonyl (C=O) groups is 1. The van der Waals surface area contributed by atoms with E-state index in [4.69, 9.17) is 12.2 Å². The summed E-state index contributed by atoms with van der Waals surface area (Å²) in [6.07, 6.45) is 1.04. The molecule has 1 aliphatic rings. The molecule has 1 nitrogen and oxygen atoms in total. The lowest BCUT2D eigenvalue weighted by atomic mass is 9.79. The van der Waals surface area contributed by atoms with E-state index in [1.54, 1.807) is 0 Å². The predicted octanol–water partition coefficient (Wildman–Crippen LogP) is 4.51. The van der Waals surface area contributed by atoms with E-state index in [-0.39, 0.29) is 5.78 Å². The molecule has 0 heterocycles. The van der Waals surface area contributed by atoms with Gasteiger partial charge in [-0.3, -0.25) is 4.79 Å². The van der Waals surface area contributed by atoms with Crippen molar-refractivity contribution in [3.8, 4) is 0 Å². The summed E-state index contributed by atoms with van der Waals surface area (Å²) in [5.74, 6) is 0.496. The second-order valence-corrected chi connectivity index (χ2v) is 5.69. The fraction of sp³-hybridized carbons (Fsp3) is 0.222. The zero-order chi connectivity index (χ0) is 14.3. The summed E-state index contributed by atoms with van der Waals surface area (Å²) in [7, 11) is 0. The van der Waals surface area contributed by atoms with Crippen LogP contribution in [0.3, 0.4) is 0 Å². The third kappa shape index (κ3) is 1.83. The molecular weight excluding hydrogens is 264 g/mol. The van der Waals surface area contributed by atoms with E-state index in [9.17, 15) is 4.79 Å². The van der Waals surface area contributed by atoms with Crippen LogP contribution in [-0.4, -0.2) is 10.6 Å². The summed E-state index contributed by atoms with van der Waals surface area (Å²) >= 11 is 5.67. The van der Waals surface area contributed by atoms with E-state index in [0.29, 0.717) is 5.92 Å². The van der Waals surface area contributed by atoms with Gasteiger partial charge in [0.1, 0.15) is 0 Å². The maximum Gasteiger partial charge on any atom is 0.194 e. The Morgan fingerprint density at radius 3 is 2.35 bits per heavy atom. The van der Waals surface area contributed by atoms with Gasteiger partial charge >= 0.3 is 0 Å². The van der Waals surface area contributed by atoms with Gasteiger partial charge in [0.2, 0.25) is 0 Å². The van der Waals surface area contributed by atoms with Crippen LogP contribution >= 0.6 is 12.2 Å². The number of carbonyl (C=O) groups excluding carboxylic acids is 1. The monoisotopic (exact) mass is 280 g/mol. The molecule has 0 amide bonds. The normalized spacial score (nSPS) is 14.7. The van der Waals surface area contributed by atoms with Crippen LogP contribution in [0.1, 0.15) is 58.8 Å². The molecule has 1 aliphatic carbocycles. The largest absolute Gasteiger partial charge is 0.289 e. The molecule has 2 aromatic rings. The minimum absolute atomic E-state index is 0.0920. The average molecular weight is 280 g/mol. The van der Waals surface area contributed by atoms with Gasteiger partial charge in [0.25, 0.3) is 0 Å². The number of rotatable bonds is 2. The summed E-state index contributed by atoms with van der Waals surface area (Å²) in [6.45, 7) is 4.34. The van der Waals surface area contributed by atoms with Crippen LogP contribution in [0, 0.1) is 0 Å². The van der Waals surface area contributed by atoms with Gasteiger partial charge in [0, 0.05) is 22.3 Å². The van der Waals surface area contributed by atoms with Gasteiger partial charge in [0.05, 0.1) is 4.86 Å². The maximum atomic E-state index is 12.7. The number of thiocarbonyl (C=S) groups is 1. The highest BCUT2D eigenvalue weighted by Crippen LogP contribution is 2.33. The van der Waals surface area contributed by atoms with Crippen molar-refractivity contribution < 1.29 is 4.79 Å². The van der Waals surface area contributed by atoms with Crippen LogP contribution < -0.4 is 0 Å². The molecular formula is C18H16OS. The summed E-state index contributed by atoms with van der Waals surface area (Å²) in [5.41, 5.74) is 4.55. The molecule has 0 radical (unpaired) electrons. The van der Waals surface area contributed by atoms with E-state index in [1.165, 1.54) is 5.56 Å². The number of benzene rings is 2. The van der Waals surface area contributed by atoms with Crippen molar-refractivity contribution in [1.29, 1.82) is 0 Å². The molecule has 0 saturated heterocycles. The number of fused-ring (bicyclic) bond motifs is 2. The molecule has 0 saturated carbocycles. The van der Waals surface area contributed by atoms with E-state index in [0.717, 1.165) is 33.5 Å². The first-order valence-electron chi connectivity index (χ1n) is 6.96. The van der Waals surface area contributed by atoms with Crippen LogP contribution in [0.5, 0.6) is 0 Å². The molecule has 100 valence electrons. The molecule has 0 N–H and O–H groups in total. The standard InChI is InChI=1S/C18H16OS/c1-3-11(2)12-9-6-10-15-16(12)18(20)14-8-5-4-7-13(14)17(15)19/h4-11H,3H2,1-2H3. The van der Waals surface area contributed by atoms with E-state index >= 15 is 0 Å². The Morgan fingerprint density at radius 2 is 1.65 bits per heavy atom. The van der Waals surface area contributed by atoms with Crippen molar-refractivity contribution in [3.63, 3.8) is 0 Å². The number of hydrogen-bond acceptors (Lipinski definition) is 2. The Kier molecular flexibility index (Phi) is 3.27. The van der Waals surface area contributed by atoms with E-state index < -0.39 is 0 Å². The topological polar surface area (TPSA) is 17.1 Å². The van der Waals surface area contributed by atoms with Crippen molar-refractivity contribution in [2.24, 2.45) is 0 Å². The molecule has 2 heteroatoms. The molecule has 2 aromatic carbocycles. The van der Waals surface area contributed by atoms with Gasteiger partial charge in [-0.25, -0.2) is 0 Å². The van der Waals surface area contributed by atoms with E-state index in [1.807, 2.05) is 36.4 Å². The Hall–Kier alpha value is -1.80. The third-order valence-electron chi connectivity index (χ3n) is 4.13. The summed E-state index contributed by atoms with van der Waals surface area (Å²) in [4.78, 5) is 13.5. The van der Waals surface area contributed by atoms with Crippen molar-refractivity contribution in [2.75, 3.05) is 0 Å². The van der Waals surface area contributed by atoms with Crippen molar-refractivity contribution >= 4 is 22.9 Å². The minimum Gasteiger partial charge on any atom is -0.289 e. The van der Waals surface area contributed by atoms with Gasteiger partial charge < -0.3 is 0 Å². The van der Waals surface area contributed by atoms with Gasteiger partial charge in [-0.1, -0.05) is 68.5 Å². The van der Waals surface area contributed by atoms with Gasteiger partial charge in [0.15, 0.2) is 5.78 Å². The highest BCUT2D eigenvalue weighted by atomic mass is 32.1.